The van der Waals surface area contributed by atoms with Crippen molar-refractivity contribution in [3.63, 3.8) is 0 Å². The highest BCUT2D eigenvalue weighted by molar-refractivity contribution is 5.44. The third-order valence-electron chi connectivity index (χ3n) is 4.54. The number of aromatic nitrogens is 1. The number of pyridine rings is 1. The van der Waals surface area contributed by atoms with Crippen molar-refractivity contribution in [3.05, 3.63) is 24.5 Å². The van der Waals surface area contributed by atoms with Crippen LogP contribution in [-0.2, 0) is 6.54 Å². The van der Waals surface area contributed by atoms with Crippen LogP contribution in [0.3, 0.4) is 0 Å². The maximum atomic E-state index is 2.50. The van der Waals surface area contributed by atoms with Crippen molar-refractivity contribution in [2.45, 2.75) is 51.5 Å². The molecule has 0 radical (unpaired) electrons. The average molecular weight is 325 g/mol. The average Bonchev–Trinajstić information content (AvgIpc) is 2.95. The molecule has 3 rings (SSSR count). The largest absolute Gasteiger partial charge is 1.00 e. The van der Waals surface area contributed by atoms with Gasteiger partial charge in [0.25, 0.3) is 0 Å². The summed E-state index contributed by atoms with van der Waals surface area (Å²) in [5.41, 5.74) is 1.41. The number of hydrogen-bond acceptors (Lipinski definition) is 1. The van der Waals surface area contributed by atoms with Crippen molar-refractivity contribution < 1.29 is 21.5 Å². The Bertz CT molecular complexity index is 365. The highest BCUT2D eigenvalue weighted by atomic mass is 79.9. The lowest BCUT2D eigenvalue weighted by atomic mass is 9.89. The zero-order chi connectivity index (χ0) is 12.2. The Hall–Kier alpha value is -0.570. The minimum absolute atomic E-state index is 0. The fourth-order valence-electron chi connectivity index (χ4n) is 3.43. The van der Waals surface area contributed by atoms with Crippen LogP contribution in [-0.4, -0.2) is 13.1 Å². The first kappa shape index (κ1) is 14.8. The molecule has 1 saturated carbocycles. The Kier molecular flexibility index (Phi) is 5.68. The van der Waals surface area contributed by atoms with Gasteiger partial charge in [-0.2, -0.15) is 0 Å². The summed E-state index contributed by atoms with van der Waals surface area (Å²) in [6, 6.07) is 4.60. The Morgan fingerprint density at radius 1 is 0.947 bits per heavy atom. The van der Waals surface area contributed by atoms with Crippen LogP contribution >= 0.6 is 0 Å². The second kappa shape index (κ2) is 7.28. The van der Waals surface area contributed by atoms with Crippen LogP contribution in [0, 0.1) is 5.92 Å². The number of nitrogens with zero attached hydrogens (tertiary/aromatic N) is 2. The third-order valence-corrected chi connectivity index (χ3v) is 4.54. The van der Waals surface area contributed by atoms with Gasteiger partial charge in [-0.3, -0.25) is 0 Å². The lowest BCUT2D eigenvalue weighted by Crippen LogP contribution is -3.00. The number of anilines is 1. The van der Waals surface area contributed by atoms with Crippen molar-refractivity contribution in [3.8, 4) is 0 Å². The SMILES string of the molecule is [Br-].c1c[n+](CC2CCCCC2)ccc1N1CCCC1. The molecule has 3 heteroatoms. The number of hydrogen-bond donors (Lipinski definition) is 0. The van der Waals surface area contributed by atoms with E-state index in [1.807, 2.05) is 0 Å². The zero-order valence-corrected chi connectivity index (χ0v) is 13.3. The fraction of sp³-hybridized carbons (Fsp3) is 0.688. The molecular formula is C16H25BrN2. The van der Waals surface area contributed by atoms with Gasteiger partial charge in [0.1, 0.15) is 0 Å². The van der Waals surface area contributed by atoms with E-state index in [1.165, 1.54) is 70.3 Å². The van der Waals surface area contributed by atoms with E-state index in [9.17, 15) is 0 Å². The predicted octanol–water partition coefficient (Wildman–Crippen LogP) is 0.159. The van der Waals surface area contributed by atoms with Gasteiger partial charge in [0.05, 0.1) is 0 Å². The van der Waals surface area contributed by atoms with Crippen LogP contribution in [0.2, 0.25) is 0 Å². The summed E-state index contributed by atoms with van der Waals surface area (Å²) in [5.74, 6) is 0.918. The maximum absolute atomic E-state index is 2.50. The van der Waals surface area contributed by atoms with Crippen LogP contribution in [0.15, 0.2) is 24.5 Å². The Balaban J connectivity index is 0.00000133. The van der Waals surface area contributed by atoms with Crippen molar-refractivity contribution in [1.82, 2.24) is 0 Å². The summed E-state index contributed by atoms with van der Waals surface area (Å²) in [6.45, 7) is 3.71. The van der Waals surface area contributed by atoms with E-state index < -0.39 is 0 Å². The number of rotatable bonds is 3. The standard InChI is InChI=1S/C16H25N2.BrH/c1-2-6-15(7-3-1)14-17-12-8-16(9-13-17)18-10-4-5-11-18;/h8-9,12-13,15H,1-7,10-11,14H2;1H/q+1;/p-1. The molecule has 2 fully saturated rings. The summed E-state index contributed by atoms with van der Waals surface area (Å²) in [5, 5.41) is 0. The van der Waals surface area contributed by atoms with E-state index in [0.717, 1.165) is 5.92 Å². The Morgan fingerprint density at radius 2 is 1.58 bits per heavy atom. The molecular weight excluding hydrogens is 300 g/mol. The second-order valence-corrected chi connectivity index (χ2v) is 5.95. The molecule has 1 saturated heterocycles. The van der Waals surface area contributed by atoms with E-state index in [4.69, 9.17) is 0 Å². The summed E-state index contributed by atoms with van der Waals surface area (Å²) >= 11 is 0. The summed E-state index contributed by atoms with van der Waals surface area (Å²) in [6.07, 6.45) is 14.5. The van der Waals surface area contributed by atoms with Crippen molar-refractivity contribution in [1.29, 1.82) is 0 Å². The molecule has 1 aromatic rings. The first-order valence-electron chi connectivity index (χ1n) is 7.66. The van der Waals surface area contributed by atoms with E-state index >= 15 is 0 Å². The molecule has 1 aromatic heterocycles. The van der Waals surface area contributed by atoms with E-state index in [-0.39, 0.29) is 17.0 Å². The summed E-state index contributed by atoms with van der Waals surface area (Å²) < 4.78 is 2.38. The van der Waals surface area contributed by atoms with Gasteiger partial charge in [-0.1, -0.05) is 19.3 Å². The minimum Gasteiger partial charge on any atom is -1.00 e. The van der Waals surface area contributed by atoms with Crippen LogP contribution < -0.4 is 26.4 Å². The van der Waals surface area contributed by atoms with Gasteiger partial charge >= 0.3 is 0 Å². The van der Waals surface area contributed by atoms with Crippen LogP contribution in [0.1, 0.15) is 44.9 Å². The van der Waals surface area contributed by atoms with Crippen LogP contribution in [0.25, 0.3) is 0 Å². The monoisotopic (exact) mass is 324 g/mol. The van der Waals surface area contributed by atoms with Gasteiger partial charge in [-0.05, 0) is 25.7 Å². The lowest BCUT2D eigenvalue weighted by Gasteiger charge is -2.19. The zero-order valence-electron chi connectivity index (χ0n) is 11.7. The molecule has 1 aliphatic carbocycles. The van der Waals surface area contributed by atoms with Crippen molar-refractivity contribution in [2.75, 3.05) is 18.0 Å². The number of halogens is 1. The first-order chi connectivity index (χ1) is 8.92. The van der Waals surface area contributed by atoms with E-state index in [2.05, 4.69) is 34.0 Å². The third kappa shape index (κ3) is 3.95. The molecule has 19 heavy (non-hydrogen) atoms. The van der Waals surface area contributed by atoms with E-state index in [1.54, 1.807) is 0 Å². The molecule has 106 valence electrons. The molecule has 2 aliphatic rings. The highest BCUT2D eigenvalue weighted by Gasteiger charge is 2.18. The van der Waals surface area contributed by atoms with Gasteiger partial charge in [-0.15, -0.1) is 0 Å². The topological polar surface area (TPSA) is 7.12 Å². The lowest BCUT2D eigenvalue weighted by molar-refractivity contribution is -0.703. The van der Waals surface area contributed by atoms with Crippen molar-refractivity contribution >= 4 is 5.69 Å². The molecule has 0 bridgehead atoms. The van der Waals surface area contributed by atoms with Crippen LogP contribution in [0.4, 0.5) is 5.69 Å². The molecule has 0 aromatic carbocycles. The fourth-order valence-corrected chi connectivity index (χ4v) is 3.43. The highest BCUT2D eigenvalue weighted by Crippen LogP contribution is 2.24. The van der Waals surface area contributed by atoms with Gasteiger partial charge in [0.2, 0.25) is 0 Å². The summed E-state index contributed by atoms with van der Waals surface area (Å²) in [7, 11) is 0. The van der Waals surface area contributed by atoms with Gasteiger partial charge < -0.3 is 21.9 Å². The van der Waals surface area contributed by atoms with Crippen molar-refractivity contribution in [2.24, 2.45) is 5.92 Å². The van der Waals surface area contributed by atoms with Gasteiger partial charge in [0.15, 0.2) is 18.9 Å². The molecule has 2 nitrogen and oxygen atoms in total. The Labute approximate surface area is 127 Å². The molecule has 1 aliphatic heterocycles. The molecule has 0 amide bonds. The second-order valence-electron chi connectivity index (χ2n) is 5.95. The quantitative estimate of drug-likeness (QED) is 0.718. The maximum Gasteiger partial charge on any atom is 0.170 e. The smallest absolute Gasteiger partial charge is 0.170 e. The summed E-state index contributed by atoms with van der Waals surface area (Å²) in [4.78, 5) is 2.50. The van der Waals surface area contributed by atoms with Crippen LogP contribution in [0.5, 0.6) is 0 Å². The normalized spacial score (nSPS) is 20.3. The molecule has 0 atom stereocenters. The predicted molar refractivity (Wildman–Crippen MR) is 74.7 cm³/mol. The minimum atomic E-state index is 0. The van der Waals surface area contributed by atoms with E-state index in [0.29, 0.717) is 0 Å². The molecule has 2 heterocycles. The Morgan fingerprint density at radius 3 is 2.21 bits per heavy atom. The first-order valence-corrected chi connectivity index (χ1v) is 7.66. The molecule has 0 unspecified atom stereocenters. The van der Waals surface area contributed by atoms with Gasteiger partial charge in [-0.25, -0.2) is 4.57 Å². The molecule has 0 spiro atoms. The van der Waals surface area contributed by atoms with Gasteiger partial charge in [0, 0.05) is 36.8 Å². The molecule has 0 N–H and O–H groups in total.